The molecule has 0 bridgehead atoms. The fraction of sp³-hybridized carbons (Fsp3) is 0.118. The van der Waals surface area contributed by atoms with Crippen LogP contribution in [0, 0.1) is 11.3 Å². The van der Waals surface area contributed by atoms with Gasteiger partial charge < -0.3 is 10.6 Å². The molecular formula is C17H14N4O. The van der Waals surface area contributed by atoms with Crippen LogP contribution in [0.4, 0.5) is 17.1 Å². The van der Waals surface area contributed by atoms with E-state index in [4.69, 9.17) is 5.26 Å². The van der Waals surface area contributed by atoms with Crippen LogP contribution >= 0.6 is 0 Å². The molecule has 0 saturated carbocycles. The highest BCUT2D eigenvalue weighted by molar-refractivity contribution is 6.17. The first-order chi connectivity index (χ1) is 10.7. The summed E-state index contributed by atoms with van der Waals surface area (Å²) in [6, 6.07) is 14.9. The molecule has 5 heteroatoms. The van der Waals surface area contributed by atoms with E-state index in [-0.39, 0.29) is 12.3 Å². The Bertz CT molecular complexity index is 818. The highest BCUT2D eigenvalue weighted by Gasteiger charge is 2.17. The lowest BCUT2D eigenvalue weighted by Gasteiger charge is -2.07. The number of hydrogen-bond acceptors (Lipinski definition) is 4. The highest BCUT2D eigenvalue weighted by Crippen LogP contribution is 2.31. The predicted octanol–water partition coefficient (Wildman–Crippen LogP) is 3.06. The van der Waals surface area contributed by atoms with Gasteiger partial charge >= 0.3 is 0 Å². The van der Waals surface area contributed by atoms with Crippen LogP contribution in [0.15, 0.2) is 47.5 Å². The van der Waals surface area contributed by atoms with Gasteiger partial charge in [0.25, 0.3) is 0 Å². The molecule has 5 nitrogen and oxygen atoms in total. The van der Waals surface area contributed by atoms with Gasteiger partial charge in [0.05, 0.1) is 35.1 Å². The summed E-state index contributed by atoms with van der Waals surface area (Å²) in [5, 5.41) is 14.9. The largest absolute Gasteiger partial charge is 0.388 e. The van der Waals surface area contributed by atoms with Crippen molar-refractivity contribution in [2.45, 2.75) is 6.42 Å². The minimum atomic E-state index is -0.117. The lowest BCUT2D eigenvalue weighted by Crippen LogP contribution is -2.15. The van der Waals surface area contributed by atoms with Gasteiger partial charge in [0, 0.05) is 12.7 Å². The zero-order valence-electron chi connectivity index (χ0n) is 12.1. The zero-order chi connectivity index (χ0) is 15.5. The van der Waals surface area contributed by atoms with Gasteiger partial charge in [-0.15, -0.1) is 0 Å². The molecule has 3 rings (SSSR count). The van der Waals surface area contributed by atoms with Gasteiger partial charge in [-0.3, -0.25) is 9.79 Å². The Labute approximate surface area is 128 Å². The Balaban J connectivity index is 2.09. The van der Waals surface area contributed by atoms with Crippen LogP contribution in [0.1, 0.15) is 17.5 Å². The fourth-order valence-electron chi connectivity index (χ4n) is 2.36. The van der Waals surface area contributed by atoms with Crippen LogP contribution in [-0.2, 0) is 4.79 Å². The molecule has 2 aromatic carbocycles. The lowest BCUT2D eigenvalue weighted by atomic mass is 10.0. The Morgan fingerprint density at radius 3 is 2.91 bits per heavy atom. The second kappa shape index (κ2) is 5.70. The standard InChI is InChI=1S/C17H14N4O/c1-19-13-5-6-14-16(8-13)21-17(22)9-15(20-14)12-4-2-3-11(7-12)10-18/h2-8,19H,9H2,1H3,(H,21,22). The van der Waals surface area contributed by atoms with E-state index in [0.717, 1.165) is 11.3 Å². The van der Waals surface area contributed by atoms with Gasteiger partial charge in [0.15, 0.2) is 0 Å². The summed E-state index contributed by atoms with van der Waals surface area (Å²) in [5.74, 6) is -0.117. The summed E-state index contributed by atoms with van der Waals surface area (Å²) >= 11 is 0. The highest BCUT2D eigenvalue weighted by atomic mass is 16.1. The Kier molecular flexibility index (Phi) is 3.58. The fourth-order valence-corrected chi connectivity index (χ4v) is 2.36. The van der Waals surface area contributed by atoms with Crippen molar-refractivity contribution in [2.24, 2.45) is 4.99 Å². The molecular weight excluding hydrogens is 276 g/mol. The van der Waals surface area contributed by atoms with Crippen molar-refractivity contribution in [3.05, 3.63) is 53.6 Å². The number of nitriles is 1. The number of carbonyl (C=O) groups excluding carboxylic acids is 1. The molecule has 108 valence electrons. The van der Waals surface area contributed by atoms with E-state index in [2.05, 4.69) is 21.7 Å². The molecule has 1 heterocycles. The molecule has 0 radical (unpaired) electrons. The molecule has 1 amide bonds. The van der Waals surface area contributed by atoms with Crippen LogP contribution in [0.2, 0.25) is 0 Å². The lowest BCUT2D eigenvalue weighted by molar-refractivity contribution is -0.115. The van der Waals surface area contributed by atoms with Gasteiger partial charge in [-0.1, -0.05) is 12.1 Å². The molecule has 1 aliphatic rings. The van der Waals surface area contributed by atoms with E-state index in [1.54, 1.807) is 18.2 Å². The van der Waals surface area contributed by atoms with Crippen molar-refractivity contribution in [3.63, 3.8) is 0 Å². The van der Waals surface area contributed by atoms with Gasteiger partial charge in [-0.2, -0.15) is 5.26 Å². The van der Waals surface area contributed by atoms with Crippen molar-refractivity contribution >= 4 is 28.7 Å². The third-order valence-electron chi connectivity index (χ3n) is 3.47. The quantitative estimate of drug-likeness (QED) is 0.892. The van der Waals surface area contributed by atoms with Crippen LogP contribution in [0.3, 0.4) is 0 Å². The molecule has 0 aromatic heterocycles. The van der Waals surface area contributed by atoms with Gasteiger partial charge in [0.1, 0.15) is 0 Å². The van der Waals surface area contributed by atoms with E-state index in [9.17, 15) is 4.79 Å². The Morgan fingerprint density at radius 2 is 2.14 bits per heavy atom. The molecule has 0 unspecified atom stereocenters. The van der Waals surface area contributed by atoms with Gasteiger partial charge in [0.2, 0.25) is 5.91 Å². The second-order valence-electron chi connectivity index (χ2n) is 4.96. The van der Waals surface area contributed by atoms with Crippen LogP contribution in [-0.4, -0.2) is 18.7 Å². The first-order valence-electron chi connectivity index (χ1n) is 6.89. The number of fused-ring (bicyclic) bond motifs is 1. The third kappa shape index (κ3) is 2.67. The summed E-state index contributed by atoms with van der Waals surface area (Å²) in [5.41, 5.74) is 4.30. The monoisotopic (exact) mass is 290 g/mol. The second-order valence-corrected chi connectivity index (χ2v) is 4.96. The van der Waals surface area contributed by atoms with Crippen LogP contribution in [0.5, 0.6) is 0 Å². The first-order valence-corrected chi connectivity index (χ1v) is 6.89. The number of hydrogen-bond donors (Lipinski definition) is 2. The van der Waals surface area contributed by atoms with Crippen molar-refractivity contribution in [3.8, 4) is 6.07 Å². The molecule has 0 spiro atoms. The summed E-state index contributed by atoms with van der Waals surface area (Å²) in [6.45, 7) is 0. The maximum absolute atomic E-state index is 12.1. The summed E-state index contributed by atoms with van der Waals surface area (Å²) < 4.78 is 0. The average molecular weight is 290 g/mol. The van der Waals surface area contributed by atoms with E-state index < -0.39 is 0 Å². The van der Waals surface area contributed by atoms with E-state index in [1.807, 2.05) is 31.3 Å². The molecule has 2 N–H and O–H groups in total. The number of benzene rings is 2. The van der Waals surface area contributed by atoms with Crippen molar-refractivity contribution < 1.29 is 4.79 Å². The van der Waals surface area contributed by atoms with E-state index >= 15 is 0 Å². The number of nitrogens with zero attached hydrogens (tertiary/aromatic N) is 2. The van der Waals surface area contributed by atoms with Crippen molar-refractivity contribution in [2.75, 3.05) is 17.7 Å². The Hall–Kier alpha value is -3.13. The van der Waals surface area contributed by atoms with Crippen LogP contribution < -0.4 is 10.6 Å². The number of carbonyl (C=O) groups is 1. The SMILES string of the molecule is CNc1ccc2c(c1)NC(=O)CC(c1cccc(C#N)c1)=N2. The summed E-state index contributed by atoms with van der Waals surface area (Å²) in [6.07, 6.45) is 0.179. The maximum Gasteiger partial charge on any atom is 0.230 e. The van der Waals surface area contributed by atoms with Crippen LogP contribution in [0.25, 0.3) is 0 Å². The summed E-state index contributed by atoms with van der Waals surface area (Å²) in [4.78, 5) is 16.7. The number of nitrogens with one attached hydrogen (secondary N) is 2. The zero-order valence-corrected chi connectivity index (χ0v) is 12.1. The first kappa shape index (κ1) is 13.8. The van der Waals surface area contributed by atoms with Crippen molar-refractivity contribution in [1.29, 1.82) is 5.26 Å². The molecule has 0 atom stereocenters. The number of rotatable bonds is 2. The number of anilines is 2. The molecule has 22 heavy (non-hydrogen) atoms. The predicted molar refractivity (Wildman–Crippen MR) is 86.6 cm³/mol. The summed E-state index contributed by atoms with van der Waals surface area (Å²) in [7, 11) is 1.82. The minimum absolute atomic E-state index is 0.117. The van der Waals surface area contributed by atoms with Gasteiger partial charge in [-0.25, -0.2) is 0 Å². The maximum atomic E-state index is 12.1. The molecule has 2 aromatic rings. The van der Waals surface area contributed by atoms with E-state index in [0.29, 0.717) is 22.6 Å². The van der Waals surface area contributed by atoms with Gasteiger partial charge in [-0.05, 0) is 35.9 Å². The Morgan fingerprint density at radius 1 is 1.27 bits per heavy atom. The molecule has 0 saturated heterocycles. The van der Waals surface area contributed by atoms with E-state index in [1.165, 1.54) is 0 Å². The minimum Gasteiger partial charge on any atom is -0.388 e. The molecule has 0 fully saturated rings. The molecule has 1 aliphatic heterocycles. The smallest absolute Gasteiger partial charge is 0.230 e. The topological polar surface area (TPSA) is 77.3 Å². The number of aliphatic imine (C=N–C) groups is 1. The van der Waals surface area contributed by atoms with Crippen molar-refractivity contribution in [1.82, 2.24) is 0 Å². The average Bonchev–Trinajstić information content (AvgIpc) is 2.72. The third-order valence-corrected chi connectivity index (χ3v) is 3.47. The molecule has 0 aliphatic carbocycles. The normalized spacial score (nSPS) is 13.3. The number of amides is 1.